The van der Waals surface area contributed by atoms with Crippen LogP contribution in [0.15, 0.2) is 48.5 Å². The summed E-state index contributed by atoms with van der Waals surface area (Å²) >= 11 is 1.74. The Morgan fingerprint density at radius 2 is 2.00 bits per heavy atom. The first-order valence-corrected chi connectivity index (χ1v) is 10.9. The Labute approximate surface area is 173 Å². The van der Waals surface area contributed by atoms with Gasteiger partial charge in [-0.15, -0.1) is 11.3 Å². The lowest BCUT2D eigenvalue weighted by Gasteiger charge is -2.34. The summed E-state index contributed by atoms with van der Waals surface area (Å²) in [7, 11) is 0. The number of benzene rings is 2. The molecule has 2 amide bonds. The number of rotatable bonds is 3. The number of thiazole rings is 1. The molecule has 2 aromatic carbocycles. The average molecular weight is 408 g/mol. The second kappa shape index (κ2) is 7.57. The van der Waals surface area contributed by atoms with Crippen LogP contribution in [0.1, 0.15) is 30.3 Å². The molecule has 6 nitrogen and oxygen atoms in total. The zero-order valence-electron chi connectivity index (χ0n) is 16.1. The molecule has 2 atom stereocenters. The number of carbonyl (C=O) groups is 2. The number of piperidine rings is 1. The maximum absolute atomic E-state index is 13.2. The quantitative estimate of drug-likeness (QED) is 0.701. The Morgan fingerprint density at radius 3 is 2.90 bits per heavy atom. The largest absolute Gasteiger partial charge is 0.323 e. The number of hydrogen-bond acceptors (Lipinski definition) is 4. The Kier molecular flexibility index (Phi) is 4.77. The summed E-state index contributed by atoms with van der Waals surface area (Å²) in [5, 5.41) is 3.97. The third-order valence-corrected chi connectivity index (χ3v) is 6.94. The zero-order valence-corrected chi connectivity index (χ0v) is 16.9. The van der Waals surface area contributed by atoms with Gasteiger partial charge in [0, 0.05) is 6.42 Å². The molecule has 0 spiro atoms. The fraction of sp³-hybridized carbons (Fsp3) is 0.318. The molecule has 1 fully saturated rings. The van der Waals surface area contributed by atoms with Gasteiger partial charge in [0.1, 0.15) is 12.6 Å². The molecule has 0 bridgehead atoms. The van der Waals surface area contributed by atoms with Gasteiger partial charge in [-0.3, -0.25) is 14.5 Å². The molecule has 3 aromatic rings. The van der Waals surface area contributed by atoms with Crippen LogP contribution in [0.2, 0.25) is 0 Å². The second-order valence-corrected chi connectivity index (χ2v) is 8.76. The van der Waals surface area contributed by atoms with Gasteiger partial charge >= 0.3 is 0 Å². The average Bonchev–Trinajstić information content (AvgIpc) is 3.17. The fourth-order valence-electron chi connectivity index (χ4n) is 4.37. The van der Waals surface area contributed by atoms with E-state index >= 15 is 0 Å². The van der Waals surface area contributed by atoms with Crippen molar-refractivity contribution in [2.24, 2.45) is 0 Å². The van der Waals surface area contributed by atoms with Crippen LogP contribution in [0.3, 0.4) is 0 Å². The van der Waals surface area contributed by atoms with Gasteiger partial charge in [0.05, 0.1) is 28.1 Å². The molecule has 0 aliphatic carbocycles. The predicted octanol–water partition coefficient (Wildman–Crippen LogP) is 2.39. The van der Waals surface area contributed by atoms with E-state index in [1.807, 2.05) is 42.5 Å². The van der Waals surface area contributed by atoms with Gasteiger partial charge in [-0.1, -0.05) is 24.3 Å². The molecule has 0 saturated carbocycles. The molecule has 2 N–H and O–H groups in total. The van der Waals surface area contributed by atoms with Crippen molar-refractivity contribution in [1.82, 2.24) is 4.98 Å². The minimum absolute atomic E-state index is 0.00434. The summed E-state index contributed by atoms with van der Waals surface area (Å²) < 4.78 is 1.19. The Hall–Kier alpha value is -2.77. The highest BCUT2D eigenvalue weighted by Crippen LogP contribution is 2.30. The lowest BCUT2D eigenvalue weighted by Crippen LogP contribution is -3.14. The van der Waals surface area contributed by atoms with Crippen molar-refractivity contribution in [3.63, 3.8) is 0 Å². The highest BCUT2D eigenvalue weighted by Gasteiger charge is 2.35. The third kappa shape index (κ3) is 3.52. The number of para-hydroxylation sites is 3. The van der Waals surface area contributed by atoms with E-state index in [-0.39, 0.29) is 24.4 Å². The van der Waals surface area contributed by atoms with E-state index in [2.05, 4.69) is 11.4 Å². The van der Waals surface area contributed by atoms with Crippen molar-refractivity contribution in [3.8, 4) is 0 Å². The monoisotopic (exact) mass is 407 g/mol. The molecule has 1 unspecified atom stereocenters. The van der Waals surface area contributed by atoms with E-state index in [0.717, 1.165) is 42.0 Å². The molecule has 148 valence electrons. The van der Waals surface area contributed by atoms with Crippen molar-refractivity contribution in [3.05, 3.63) is 53.5 Å². The molecule has 3 heterocycles. The molecule has 29 heavy (non-hydrogen) atoms. The maximum Gasteiger partial charge on any atom is 0.282 e. The summed E-state index contributed by atoms with van der Waals surface area (Å²) in [5.41, 5.74) is 2.52. The molecule has 7 heteroatoms. The van der Waals surface area contributed by atoms with E-state index in [1.54, 1.807) is 16.2 Å². The highest BCUT2D eigenvalue weighted by molar-refractivity contribution is 7.18. The molecule has 1 aromatic heterocycles. The van der Waals surface area contributed by atoms with Gasteiger partial charge in [-0.05, 0) is 37.1 Å². The molecular formula is C22H23N4O2S+. The first kappa shape index (κ1) is 18.3. The summed E-state index contributed by atoms with van der Waals surface area (Å²) in [4.78, 5) is 33.1. The molecule has 5 rings (SSSR count). The highest BCUT2D eigenvalue weighted by atomic mass is 32.1. The van der Waals surface area contributed by atoms with E-state index in [4.69, 9.17) is 4.98 Å². The molecule has 2 aliphatic heterocycles. The van der Waals surface area contributed by atoms with Crippen molar-refractivity contribution >= 4 is 44.7 Å². The van der Waals surface area contributed by atoms with Gasteiger partial charge in [0.2, 0.25) is 5.91 Å². The topological polar surface area (TPSA) is 66.7 Å². The number of anilines is 2. The summed E-state index contributed by atoms with van der Waals surface area (Å²) in [6, 6.07) is 15.9. The summed E-state index contributed by atoms with van der Waals surface area (Å²) in [5.74, 6) is -0.149. The number of fused-ring (bicyclic) bond motifs is 2. The van der Waals surface area contributed by atoms with E-state index in [9.17, 15) is 9.59 Å². The van der Waals surface area contributed by atoms with E-state index in [1.165, 1.54) is 9.60 Å². The van der Waals surface area contributed by atoms with Gasteiger partial charge in [-0.25, -0.2) is 4.98 Å². The zero-order chi connectivity index (χ0) is 19.8. The first-order valence-electron chi connectivity index (χ1n) is 10.1. The number of carbonyl (C=O) groups excluding carboxylic acids is 2. The Balaban J connectivity index is 1.39. The first-order chi connectivity index (χ1) is 14.2. The predicted molar refractivity (Wildman–Crippen MR) is 114 cm³/mol. The van der Waals surface area contributed by atoms with Crippen LogP contribution in [0.5, 0.6) is 0 Å². The number of likely N-dealkylation sites (tertiary alicyclic amines) is 1. The minimum Gasteiger partial charge on any atom is -0.323 e. The van der Waals surface area contributed by atoms with Crippen LogP contribution in [0, 0.1) is 0 Å². The standard InChI is InChI=1S/C22H22N4O2S/c27-20-13-26(17-9-3-1-7-15(17)23-20)21(28)14-25-12-6-5-10-18(25)22-24-16-8-2-4-11-19(16)29-22/h1-4,7-9,11,18H,5-6,10,12-14H2,(H,23,27)/p+1/t18-/m0/s1. The summed E-state index contributed by atoms with van der Waals surface area (Å²) in [6.45, 7) is 1.41. The van der Waals surface area contributed by atoms with Crippen molar-refractivity contribution in [1.29, 1.82) is 0 Å². The molecule has 1 saturated heterocycles. The summed E-state index contributed by atoms with van der Waals surface area (Å²) in [6.07, 6.45) is 3.31. The third-order valence-electron chi connectivity index (χ3n) is 5.79. The molecule has 0 radical (unpaired) electrons. The minimum atomic E-state index is -0.145. The lowest BCUT2D eigenvalue weighted by molar-refractivity contribution is -0.929. The lowest BCUT2D eigenvalue weighted by atomic mass is 10.0. The fourth-order valence-corrected chi connectivity index (χ4v) is 5.53. The van der Waals surface area contributed by atoms with Crippen LogP contribution < -0.4 is 15.1 Å². The van der Waals surface area contributed by atoms with E-state index < -0.39 is 0 Å². The van der Waals surface area contributed by atoms with Gasteiger partial charge < -0.3 is 10.2 Å². The number of hydrogen-bond donors (Lipinski definition) is 2. The van der Waals surface area contributed by atoms with Crippen LogP contribution >= 0.6 is 11.3 Å². The van der Waals surface area contributed by atoms with Crippen LogP contribution in [0.25, 0.3) is 10.2 Å². The smallest absolute Gasteiger partial charge is 0.282 e. The number of nitrogens with zero attached hydrogens (tertiary/aromatic N) is 2. The van der Waals surface area contributed by atoms with Crippen LogP contribution in [-0.4, -0.2) is 36.4 Å². The maximum atomic E-state index is 13.2. The normalized spacial score (nSPS) is 21.7. The van der Waals surface area contributed by atoms with Crippen molar-refractivity contribution < 1.29 is 14.5 Å². The van der Waals surface area contributed by atoms with Crippen LogP contribution in [0.4, 0.5) is 11.4 Å². The van der Waals surface area contributed by atoms with Crippen LogP contribution in [-0.2, 0) is 9.59 Å². The Morgan fingerprint density at radius 1 is 1.17 bits per heavy atom. The van der Waals surface area contributed by atoms with Gasteiger partial charge in [0.25, 0.3) is 5.91 Å². The number of nitrogens with one attached hydrogen (secondary N) is 2. The number of quaternary nitrogens is 1. The number of amides is 2. The van der Waals surface area contributed by atoms with Crippen molar-refractivity contribution in [2.45, 2.75) is 25.3 Å². The van der Waals surface area contributed by atoms with Gasteiger partial charge in [-0.2, -0.15) is 0 Å². The van der Waals surface area contributed by atoms with Gasteiger partial charge in [0.15, 0.2) is 11.6 Å². The van der Waals surface area contributed by atoms with E-state index in [0.29, 0.717) is 12.2 Å². The second-order valence-electron chi connectivity index (χ2n) is 7.70. The Bertz CT molecular complexity index is 1050. The SMILES string of the molecule is O=C1CN(C(=O)C[NH+]2CCCC[C@H]2c2nc3ccccc3s2)c2ccccc2N1. The molecular weight excluding hydrogens is 384 g/mol. The number of aromatic nitrogens is 1. The molecule has 2 aliphatic rings. The van der Waals surface area contributed by atoms with Crippen molar-refractivity contribution in [2.75, 3.05) is 29.9 Å².